The van der Waals surface area contributed by atoms with Gasteiger partial charge in [-0.2, -0.15) is 0 Å². The third-order valence-corrected chi connectivity index (χ3v) is 2.76. The molecule has 65 valence electrons. The van der Waals surface area contributed by atoms with Crippen LogP contribution in [0.1, 0.15) is 11.1 Å². The van der Waals surface area contributed by atoms with Gasteiger partial charge in [-0.1, -0.05) is 42.7 Å². The highest BCUT2D eigenvalue weighted by Crippen LogP contribution is 2.23. The van der Waals surface area contributed by atoms with Crippen molar-refractivity contribution in [1.29, 1.82) is 0 Å². The van der Waals surface area contributed by atoms with E-state index in [2.05, 4.69) is 55.7 Å². The van der Waals surface area contributed by atoms with E-state index in [1.54, 1.807) is 0 Å². The van der Waals surface area contributed by atoms with Crippen LogP contribution in [-0.4, -0.2) is 7.28 Å². The molecule has 0 spiro atoms. The van der Waals surface area contributed by atoms with Crippen molar-refractivity contribution in [2.75, 3.05) is 0 Å². The van der Waals surface area contributed by atoms with E-state index in [1.807, 2.05) is 0 Å². The molecule has 2 aromatic carbocycles. The molecule has 0 aromatic heterocycles. The lowest BCUT2D eigenvalue weighted by Gasteiger charge is -2.10. The fourth-order valence-electron chi connectivity index (χ4n) is 2.00. The van der Waals surface area contributed by atoms with Crippen molar-refractivity contribution in [3.05, 3.63) is 53.5 Å². The van der Waals surface area contributed by atoms with Crippen molar-refractivity contribution < 1.29 is 0 Å². The first kappa shape index (κ1) is 7.87. The molecule has 0 fully saturated rings. The van der Waals surface area contributed by atoms with Crippen LogP contribution in [0.15, 0.2) is 42.4 Å². The summed E-state index contributed by atoms with van der Waals surface area (Å²) in [4.78, 5) is 0. The molecule has 2 aromatic rings. The Morgan fingerprint density at radius 1 is 1.00 bits per heavy atom. The van der Waals surface area contributed by atoms with Crippen molar-refractivity contribution in [2.24, 2.45) is 0 Å². The third kappa shape index (κ3) is 1.17. The van der Waals surface area contributed by atoms with Gasteiger partial charge in [0.15, 0.2) is 0 Å². The Kier molecular flexibility index (Phi) is 1.70. The predicted molar refractivity (Wildman–Crippen MR) is 62.4 cm³/mol. The fourth-order valence-corrected chi connectivity index (χ4v) is 2.00. The smallest absolute Gasteiger partial charge is 0.122 e. The van der Waals surface area contributed by atoms with Gasteiger partial charge in [-0.3, -0.25) is 0 Å². The lowest BCUT2D eigenvalue weighted by molar-refractivity contribution is 1.38. The van der Waals surface area contributed by atoms with Gasteiger partial charge in [0.05, 0.1) is 0 Å². The van der Waals surface area contributed by atoms with E-state index < -0.39 is 0 Å². The van der Waals surface area contributed by atoms with Gasteiger partial charge >= 0.3 is 0 Å². The molecule has 0 N–H and O–H groups in total. The summed E-state index contributed by atoms with van der Waals surface area (Å²) in [7, 11) is 2.21. The topological polar surface area (TPSA) is 0 Å². The Balaban J connectivity index is 2.34. The Bertz CT molecular complexity index is 512. The van der Waals surface area contributed by atoms with Crippen LogP contribution in [0.25, 0.3) is 16.8 Å². The molecular weight excluding hydrogens is 167 g/mol. The summed E-state index contributed by atoms with van der Waals surface area (Å²) in [5.41, 5.74) is 2.80. The summed E-state index contributed by atoms with van der Waals surface area (Å²) in [6, 6.07) is 13.1. The van der Waals surface area contributed by atoms with Crippen molar-refractivity contribution in [1.82, 2.24) is 0 Å². The second-order valence-electron chi connectivity index (χ2n) is 3.70. The second kappa shape index (κ2) is 3.02. The largest absolute Gasteiger partial charge is 0.146 e. The maximum Gasteiger partial charge on any atom is 0.146 e. The second-order valence-corrected chi connectivity index (χ2v) is 3.70. The van der Waals surface area contributed by atoms with Crippen LogP contribution >= 0.6 is 0 Å². The molecule has 1 heteroatoms. The molecule has 1 aliphatic heterocycles. The van der Waals surface area contributed by atoms with E-state index in [0.29, 0.717) is 0 Å². The van der Waals surface area contributed by atoms with Gasteiger partial charge in [0.1, 0.15) is 7.28 Å². The number of fused-ring (bicyclic) bond motifs is 2. The van der Waals surface area contributed by atoms with E-state index in [4.69, 9.17) is 0 Å². The number of hydrogen-bond donors (Lipinski definition) is 0. The quantitative estimate of drug-likeness (QED) is 0.542. The first-order chi connectivity index (χ1) is 6.93. The van der Waals surface area contributed by atoms with Gasteiger partial charge in [-0.15, -0.1) is 5.98 Å². The number of hydrogen-bond acceptors (Lipinski definition) is 0. The van der Waals surface area contributed by atoms with Crippen LogP contribution < -0.4 is 0 Å². The molecular formula is C13H10B. The van der Waals surface area contributed by atoms with Crippen molar-refractivity contribution in [2.45, 2.75) is 6.32 Å². The van der Waals surface area contributed by atoms with E-state index in [-0.39, 0.29) is 0 Å². The average molecular weight is 177 g/mol. The first-order valence-corrected chi connectivity index (χ1v) is 4.95. The van der Waals surface area contributed by atoms with E-state index in [9.17, 15) is 0 Å². The van der Waals surface area contributed by atoms with E-state index in [1.165, 1.54) is 21.9 Å². The minimum Gasteiger partial charge on any atom is -0.122 e. The van der Waals surface area contributed by atoms with Gasteiger partial charge in [0, 0.05) is 0 Å². The highest BCUT2D eigenvalue weighted by Gasteiger charge is 2.05. The van der Waals surface area contributed by atoms with Crippen LogP contribution in [0, 0.1) is 0 Å². The number of rotatable bonds is 0. The molecule has 0 aliphatic carbocycles. The summed E-state index contributed by atoms with van der Waals surface area (Å²) in [5, 5.41) is 2.67. The van der Waals surface area contributed by atoms with Gasteiger partial charge in [0.2, 0.25) is 0 Å². The SMILES string of the molecule is [B]1C=Cc2cc3ccccc3cc2C1. The minimum atomic E-state index is 1.07. The highest BCUT2D eigenvalue weighted by molar-refractivity contribution is 6.43. The van der Waals surface area contributed by atoms with Crippen LogP contribution in [0.2, 0.25) is 0 Å². The Labute approximate surface area is 84.5 Å². The molecule has 0 atom stereocenters. The molecule has 0 saturated carbocycles. The lowest BCUT2D eigenvalue weighted by atomic mass is 9.67. The van der Waals surface area contributed by atoms with Gasteiger partial charge in [-0.25, -0.2) is 0 Å². The van der Waals surface area contributed by atoms with Crippen LogP contribution in [0.3, 0.4) is 0 Å². The molecule has 0 bridgehead atoms. The maximum atomic E-state index is 2.30. The van der Waals surface area contributed by atoms with Crippen molar-refractivity contribution in [3.63, 3.8) is 0 Å². The standard InChI is InChI=1S/C13H10B/c1-2-4-11-8-13-9-14-6-5-12(13)7-10(11)3-1/h1-8H,9H2. The number of benzene rings is 2. The molecule has 14 heavy (non-hydrogen) atoms. The van der Waals surface area contributed by atoms with Crippen LogP contribution in [0.5, 0.6) is 0 Å². The lowest BCUT2D eigenvalue weighted by Crippen LogP contribution is -2.01. The van der Waals surface area contributed by atoms with Crippen molar-refractivity contribution >= 4 is 24.1 Å². The summed E-state index contributed by atoms with van der Waals surface area (Å²) < 4.78 is 0. The van der Waals surface area contributed by atoms with Gasteiger partial charge in [-0.05, 0) is 28.0 Å². The molecule has 0 nitrogen and oxygen atoms in total. The van der Waals surface area contributed by atoms with Crippen LogP contribution in [-0.2, 0) is 6.32 Å². The van der Waals surface area contributed by atoms with E-state index >= 15 is 0 Å². The normalized spacial score (nSPS) is 13.7. The molecule has 3 rings (SSSR count). The summed E-state index contributed by atoms with van der Waals surface area (Å²) >= 11 is 0. The molecule has 1 aliphatic rings. The summed E-state index contributed by atoms with van der Waals surface area (Å²) in [5.74, 6) is 2.14. The molecule has 1 heterocycles. The molecule has 0 saturated heterocycles. The first-order valence-electron chi connectivity index (χ1n) is 4.95. The zero-order valence-electron chi connectivity index (χ0n) is 7.90. The Hall–Kier alpha value is -1.50. The predicted octanol–water partition coefficient (Wildman–Crippen LogP) is 3.03. The Morgan fingerprint density at radius 3 is 2.64 bits per heavy atom. The monoisotopic (exact) mass is 177 g/mol. The zero-order valence-corrected chi connectivity index (χ0v) is 7.90. The fraction of sp³-hybridized carbons (Fsp3) is 0.0769. The highest BCUT2D eigenvalue weighted by atomic mass is 14.0. The molecule has 0 unspecified atom stereocenters. The van der Waals surface area contributed by atoms with Crippen LogP contribution in [0.4, 0.5) is 0 Å². The van der Waals surface area contributed by atoms with Gasteiger partial charge in [0.25, 0.3) is 0 Å². The van der Waals surface area contributed by atoms with E-state index in [0.717, 1.165) is 6.32 Å². The summed E-state index contributed by atoms with van der Waals surface area (Å²) in [6.07, 6.45) is 3.25. The van der Waals surface area contributed by atoms with Crippen molar-refractivity contribution in [3.8, 4) is 0 Å². The maximum absolute atomic E-state index is 2.30. The molecule has 1 radical (unpaired) electrons. The average Bonchev–Trinajstić information content (AvgIpc) is 2.26. The summed E-state index contributed by atoms with van der Waals surface area (Å²) in [6.45, 7) is 0. The van der Waals surface area contributed by atoms with Gasteiger partial charge < -0.3 is 0 Å². The zero-order chi connectivity index (χ0) is 9.38. The Morgan fingerprint density at radius 2 is 1.79 bits per heavy atom. The molecule has 0 amide bonds. The third-order valence-electron chi connectivity index (χ3n) is 2.76. The minimum absolute atomic E-state index is 1.07.